The van der Waals surface area contributed by atoms with E-state index in [9.17, 15) is 0 Å². The van der Waals surface area contributed by atoms with E-state index < -0.39 is 0 Å². The van der Waals surface area contributed by atoms with Gasteiger partial charge in [0.05, 0.1) is 0 Å². The molecule has 2 rings (SSSR count). The van der Waals surface area contributed by atoms with Crippen LogP contribution < -0.4 is 5.73 Å². The van der Waals surface area contributed by atoms with Crippen molar-refractivity contribution in [3.05, 3.63) is 35.4 Å². The van der Waals surface area contributed by atoms with Crippen LogP contribution in [-0.2, 0) is 5.41 Å². The van der Waals surface area contributed by atoms with Gasteiger partial charge >= 0.3 is 0 Å². The molecule has 1 aliphatic rings. The van der Waals surface area contributed by atoms with Crippen LogP contribution in [0.1, 0.15) is 63.6 Å². The molecule has 0 saturated heterocycles. The molecule has 1 saturated carbocycles. The topological polar surface area (TPSA) is 26.0 Å². The summed E-state index contributed by atoms with van der Waals surface area (Å²) in [7, 11) is 0. The number of nitrogens with two attached hydrogens (primary N) is 1. The zero-order chi connectivity index (χ0) is 12.5. The number of rotatable bonds is 2. The lowest BCUT2D eigenvalue weighted by Crippen LogP contribution is -2.19. The summed E-state index contributed by atoms with van der Waals surface area (Å²) >= 11 is 0. The minimum Gasteiger partial charge on any atom is -0.324 e. The molecule has 1 nitrogen and oxygen atoms in total. The molecule has 0 heterocycles. The zero-order valence-corrected chi connectivity index (χ0v) is 12.6. The van der Waals surface area contributed by atoms with E-state index >= 15 is 0 Å². The van der Waals surface area contributed by atoms with E-state index in [0.29, 0.717) is 5.92 Å². The Bertz CT molecular complexity index is 358. The van der Waals surface area contributed by atoms with Crippen molar-refractivity contribution in [1.29, 1.82) is 0 Å². The molecule has 0 aromatic heterocycles. The Kier molecular flexibility index (Phi) is 5.24. The largest absolute Gasteiger partial charge is 0.324 e. The highest BCUT2D eigenvalue weighted by Crippen LogP contribution is 2.34. The van der Waals surface area contributed by atoms with Crippen molar-refractivity contribution in [2.24, 2.45) is 11.7 Å². The molecule has 1 aromatic rings. The lowest BCUT2D eigenvalue weighted by molar-refractivity contribution is 0.444. The van der Waals surface area contributed by atoms with Crippen molar-refractivity contribution in [2.75, 3.05) is 0 Å². The number of hydrogen-bond acceptors (Lipinski definition) is 1. The summed E-state index contributed by atoms with van der Waals surface area (Å²) < 4.78 is 0. The maximum absolute atomic E-state index is 6.36. The fourth-order valence-corrected chi connectivity index (χ4v) is 2.79. The second-order valence-corrected chi connectivity index (χ2v) is 6.44. The average molecular weight is 268 g/mol. The van der Waals surface area contributed by atoms with Crippen LogP contribution >= 0.6 is 12.4 Å². The third kappa shape index (κ3) is 3.49. The van der Waals surface area contributed by atoms with E-state index in [1.54, 1.807) is 0 Å². The van der Waals surface area contributed by atoms with Gasteiger partial charge < -0.3 is 5.73 Å². The number of benzene rings is 1. The molecular formula is C16H26ClN. The van der Waals surface area contributed by atoms with Gasteiger partial charge in [0, 0.05) is 6.04 Å². The highest BCUT2D eigenvalue weighted by Gasteiger charge is 2.23. The molecule has 18 heavy (non-hydrogen) atoms. The molecule has 1 aromatic carbocycles. The van der Waals surface area contributed by atoms with E-state index in [1.165, 1.54) is 36.8 Å². The Balaban J connectivity index is 0.00000162. The standard InChI is InChI=1S/C16H25N.ClH/c1-16(2,3)14-10-8-13(9-11-14)15(17)12-6-4-5-7-12;/h8-12,15H,4-7,17H2,1-3H3;1H/t15-;/m0./s1. The average Bonchev–Trinajstić information content (AvgIpc) is 2.80. The Morgan fingerprint density at radius 1 is 1.06 bits per heavy atom. The highest BCUT2D eigenvalue weighted by atomic mass is 35.5. The second-order valence-electron chi connectivity index (χ2n) is 6.44. The van der Waals surface area contributed by atoms with E-state index in [2.05, 4.69) is 45.0 Å². The molecule has 1 aliphatic carbocycles. The van der Waals surface area contributed by atoms with Crippen LogP contribution in [0, 0.1) is 5.92 Å². The molecule has 2 heteroatoms. The summed E-state index contributed by atoms with van der Waals surface area (Å²) in [5.74, 6) is 0.704. The van der Waals surface area contributed by atoms with Crippen molar-refractivity contribution in [1.82, 2.24) is 0 Å². The van der Waals surface area contributed by atoms with Gasteiger partial charge in [-0.2, -0.15) is 0 Å². The van der Waals surface area contributed by atoms with E-state index in [0.717, 1.165) is 0 Å². The second kappa shape index (κ2) is 6.08. The predicted octanol–water partition coefficient (Wildman–Crippen LogP) is 4.60. The Labute approximate surface area is 118 Å². The third-order valence-corrected chi connectivity index (χ3v) is 4.07. The van der Waals surface area contributed by atoms with Crippen LogP contribution in [0.2, 0.25) is 0 Å². The number of halogens is 1. The highest BCUT2D eigenvalue weighted by molar-refractivity contribution is 5.85. The van der Waals surface area contributed by atoms with E-state index in [1.807, 2.05) is 0 Å². The maximum atomic E-state index is 6.36. The first-order valence-electron chi connectivity index (χ1n) is 6.84. The lowest BCUT2D eigenvalue weighted by atomic mass is 9.85. The normalized spacial score (nSPS) is 18.4. The molecule has 0 radical (unpaired) electrons. The summed E-state index contributed by atoms with van der Waals surface area (Å²) in [4.78, 5) is 0. The molecule has 2 N–H and O–H groups in total. The molecule has 1 atom stereocenters. The van der Waals surface area contributed by atoms with E-state index in [-0.39, 0.29) is 23.9 Å². The molecule has 0 bridgehead atoms. The Hall–Kier alpha value is -0.530. The van der Waals surface area contributed by atoms with Crippen molar-refractivity contribution in [2.45, 2.75) is 57.9 Å². The van der Waals surface area contributed by atoms with Crippen LogP contribution in [0.15, 0.2) is 24.3 Å². The molecule has 0 unspecified atom stereocenters. The number of hydrogen-bond donors (Lipinski definition) is 1. The fourth-order valence-electron chi connectivity index (χ4n) is 2.79. The van der Waals surface area contributed by atoms with Gasteiger partial charge in [0.1, 0.15) is 0 Å². The smallest absolute Gasteiger partial charge is 0.0323 e. The monoisotopic (exact) mass is 267 g/mol. The van der Waals surface area contributed by atoms with Gasteiger partial charge in [-0.25, -0.2) is 0 Å². The van der Waals surface area contributed by atoms with Gasteiger partial charge in [0.25, 0.3) is 0 Å². The Morgan fingerprint density at radius 2 is 1.56 bits per heavy atom. The minimum atomic E-state index is 0. The van der Waals surface area contributed by atoms with E-state index in [4.69, 9.17) is 5.73 Å². The van der Waals surface area contributed by atoms with Gasteiger partial charge in [-0.1, -0.05) is 57.9 Å². The zero-order valence-electron chi connectivity index (χ0n) is 11.8. The third-order valence-electron chi connectivity index (χ3n) is 4.07. The van der Waals surface area contributed by atoms with Gasteiger partial charge in [-0.3, -0.25) is 0 Å². The van der Waals surface area contributed by atoms with Crippen LogP contribution in [0.5, 0.6) is 0 Å². The molecular weight excluding hydrogens is 242 g/mol. The van der Waals surface area contributed by atoms with Gasteiger partial charge in [0.15, 0.2) is 0 Å². The fraction of sp³-hybridized carbons (Fsp3) is 0.625. The molecule has 0 amide bonds. The van der Waals surface area contributed by atoms with Crippen LogP contribution in [0.25, 0.3) is 0 Å². The summed E-state index contributed by atoms with van der Waals surface area (Å²) in [6.45, 7) is 6.75. The SMILES string of the molecule is CC(C)(C)c1ccc([C@@H](N)C2CCCC2)cc1.Cl. The van der Waals surface area contributed by atoms with Gasteiger partial charge in [0.2, 0.25) is 0 Å². The summed E-state index contributed by atoms with van der Waals surface area (Å²) in [6.07, 6.45) is 5.33. The Morgan fingerprint density at radius 3 is 2.00 bits per heavy atom. The lowest BCUT2D eigenvalue weighted by Gasteiger charge is -2.22. The molecule has 1 fully saturated rings. The molecule has 0 spiro atoms. The van der Waals surface area contributed by atoms with Crippen molar-refractivity contribution < 1.29 is 0 Å². The van der Waals surface area contributed by atoms with Crippen molar-refractivity contribution in [3.8, 4) is 0 Å². The summed E-state index contributed by atoms with van der Waals surface area (Å²) in [5.41, 5.74) is 9.29. The first kappa shape index (κ1) is 15.5. The van der Waals surface area contributed by atoms with Crippen molar-refractivity contribution >= 4 is 12.4 Å². The minimum absolute atomic E-state index is 0. The maximum Gasteiger partial charge on any atom is 0.0323 e. The van der Waals surface area contributed by atoms with Gasteiger partial charge in [-0.15, -0.1) is 12.4 Å². The van der Waals surface area contributed by atoms with Gasteiger partial charge in [-0.05, 0) is 35.3 Å². The first-order valence-corrected chi connectivity index (χ1v) is 6.84. The summed E-state index contributed by atoms with van der Waals surface area (Å²) in [5, 5.41) is 0. The van der Waals surface area contributed by atoms with Crippen LogP contribution in [-0.4, -0.2) is 0 Å². The van der Waals surface area contributed by atoms with Crippen LogP contribution in [0.3, 0.4) is 0 Å². The summed E-state index contributed by atoms with van der Waals surface area (Å²) in [6, 6.07) is 9.17. The quantitative estimate of drug-likeness (QED) is 0.833. The van der Waals surface area contributed by atoms with Crippen LogP contribution in [0.4, 0.5) is 0 Å². The molecule has 102 valence electrons. The predicted molar refractivity (Wildman–Crippen MR) is 81.3 cm³/mol. The van der Waals surface area contributed by atoms with Crippen molar-refractivity contribution in [3.63, 3.8) is 0 Å². The first-order chi connectivity index (χ1) is 7.98. The molecule has 0 aliphatic heterocycles.